The molecule has 3 heteroatoms. The van der Waals surface area contributed by atoms with Crippen LogP contribution in [0.4, 0.5) is 0 Å². The van der Waals surface area contributed by atoms with Crippen LogP contribution in [0.2, 0.25) is 0 Å². The Hall–Kier alpha value is -1.48. The van der Waals surface area contributed by atoms with Gasteiger partial charge in [0.1, 0.15) is 0 Å². The molecule has 0 heterocycles. The molecule has 19 heavy (non-hydrogen) atoms. The summed E-state index contributed by atoms with van der Waals surface area (Å²) in [5.74, 6) is 1.54. The van der Waals surface area contributed by atoms with Crippen LogP contribution < -0.4 is 15.2 Å². The summed E-state index contributed by atoms with van der Waals surface area (Å²) in [6.45, 7) is 6.38. The van der Waals surface area contributed by atoms with Gasteiger partial charge in [0.15, 0.2) is 11.5 Å². The SMILES string of the molecule is C=CCCCCCOc1ccc([C@@H](C)N)cc1OC. The van der Waals surface area contributed by atoms with Crippen molar-refractivity contribution in [2.75, 3.05) is 13.7 Å². The molecular weight excluding hydrogens is 238 g/mol. The largest absolute Gasteiger partial charge is 0.493 e. The number of rotatable bonds is 9. The molecule has 1 atom stereocenters. The average Bonchev–Trinajstić information content (AvgIpc) is 2.42. The minimum atomic E-state index is 0.00172. The summed E-state index contributed by atoms with van der Waals surface area (Å²) in [6, 6.07) is 5.86. The van der Waals surface area contributed by atoms with Crippen LogP contribution >= 0.6 is 0 Å². The van der Waals surface area contributed by atoms with Crippen LogP contribution in [-0.4, -0.2) is 13.7 Å². The van der Waals surface area contributed by atoms with Gasteiger partial charge in [-0.1, -0.05) is 12.1 Å². The minimum Gasteiger partial charge on any atom is -0.493 e. The number of hydrogen-bond donors (Lipinski definition) is 1. The van der Waals surface area contributed by atoms with E-state index in [4.69, 9.17) is 15.2 Å². The summed E-state index contributed by atoms with van der Waals surface area (Å²) < 4.78 is 11.1. The molecule has 0 radical (unpaired) electrons. The van der Waals surface area contributed by atoms with Gasteiger partial charge >= 0.3 is 0 Å². The summed E-state index contributed by atoms with van der Waals surface area (Å²) >= 11 is 0. The lowest BCUT2D eigenvalue weighted by atomic mass is 10.1. The Morgan fingerprint density at radius 1 is 1.26 bits per heavy atom. The van der Waals surface area contributed by atoms with E-state index in [2.05, 4.69) is 6.58 Å². The fraction of sp³-hybridized carbons (Fsp3) is 0.500. The molecule has 0 aliphatic carbocycles. The van der Waals surface area contributed by atoms with Gasteiger partial charge in [-0.25, -0.2) is 0 Å². The molecule has 0 amide bonds. The Kier molecular flexibility index (Phi) is 7.04. The minimum absolute atomic E-state index is 0.00172. The van der Waals surface area contributed by atoms with Crippen LogP contribution in [0.3, 0.4) is 0 Å². The topological polar surface area (TPSA) is 44.5 Å². The first-order valence-electron chi connectivity index (χ1n) is 6.86. The van der Waals surface area contributed by atoms with Crippen molar-refractivity contribution in [3.63, 3.8) is 0 Å². The highest BCUT2D eigenvalue weighted by Crippen LogP contribution is 2.29. The van der Waals surface area contributed by atoms with E-state index in [0.717, 1.165) is 36.3 Å². The molecule has 0 unspecified atom stereocenters. The highest BCUT2D eigenvalue weighted by Gasteiger charge is 2.07. The van der Waals surface area contributed by atoms with Gasteiger partial charge in [-0.3, -0.25) is 0 Å². The predicted molar refractivity (Wildman–Crippen MR) is 79.8 cm³/mol. The van der Waals surface area contributed by atoms with Gasteiger partial charge in [-0.15, -0.1) is 6.58 Å². The second-order valence-electron chi connectivity index (χ2n) is 4.69. The van der Waals surface area contributed by atoms with E-state index in [1.165, 1.54) is 6.42 Å². The van der Waals surface area contributed by atoms with Crippen molar-refractivity contribution in [2.24, 2.45) is 5.73 Å². The molecule has 0 saturated carbocycles. The Labute approximate surface area is 116 Å². The lowest BCUT2D eigenvalue weighted by Crippen LogP contribution is -2.06. The first-order valence-corrected chi connectivity index (χ1v) is 6.86. The molecule has 106 valence electrons. The van der Waals surface area contributed by atoms with Crippen molar-refractivity contribution in [1.29, 1.82) is 0 Å². The number of benzene rings is 1. The zero-order valence-corrected chi connectivity index (χ0v) is 12.0. The fourth-order valence-electron chi connectivity index (χ4n) is 1.84. The number of nitrogens with two attached hydrogens (primary N) is 1. The molecule has 0 aliphatic heterocycles. The molecule has 0 fully saturated rings. The van der Waals surface area contributed by atoms with Crippen LogP contribution in [0, 0.1) is 0 Å². The predicted octanol–water partition coefficient (Wildman–Crippen LogP) is 3.84. The average molecular weight is 263 g/mol. The third kappa shape index (κ3) is 5.35. The van der Waals surface area contributed by atoms with Crippen LogP contribution in [-0.2, 0) is 0 Å². The lowest BCUT2D eigenvalue weighted by molar-refractivity contribution is 0.285. The fourth-order valence-corrected chi connectivity index (χ4v) is 1.84. The van der Waals surface area contributed by atoms with Crippen molar-refractivity contribution < 1.29 is 9.47 Å². The zero-order valence-electron chi connectivity index (χ0n) is 12.0. The Morgan fingerprint density at radius 2 is 2.05 bits per heavy atom. The van der Waals surface area contributed by atoms with Crippen LogP contribution in [0.15, 0.2) is 30.9 Å². The number of unbranched alkanes of at least 4 members (excludes halogenated alkanes) is 3. The first kappa shape index (κ1) is 15.6. The molecule has 1 rings (SSSR count). The summed E-state index contributed by atoms with van der Waals surface area (Å²) in [5.41, 5.74) is 6.90. The number of methoxy groups -OCH3 is 1. The maximum atomic E-state index is 5.85. The first-order chi connectivity index (χ1) is 9.19. The highest BCUT2D eigenvalue weighted by atomic mass is 16.5. The second-order valence-corrected chi connectivity index (χ2v) is 4.69. The molecule has 0 bridgehead atoms. The normalized spacial score (nSPS) is 11.9. The van der Waals surface area contributed by atoms with Gasteiger partial charge in [-0.05, 0) is 50.3 Å². The van der Waals surface area contributed by atoms with Gasteiger partial charge in [0, 0.05) is 6.04 Å². The maximum Gasteiger partial charge on any atom is 0.161 e. The summed E-state index contributed by atoms with van der Waals surface area (Å²) in [5, 5.41) is 0. The summed E-state index contributed by atoms with van der Waals surface area (Å²) in [7, 11) is 1.65. The number of allylic oxidation sites excluding steroid dienone is 1. The van der Waals surface area contributed by atoms with E-state index in [1.54, 1.807) is 7.11 Å². The van der Waals surface area contributed by atoms with Gasteiger partial charge in [0.2, 0.25) is 0 Å². The van der Waals surface area contributed by atoms with E-state index < -0.39 is 0 Å². The molecule has 0 saturated heterocycles. The molecular formula is C16H25NO2. The molecule has 0 aliphatic rings. The highest BCUT2D eigenvalue weighted by molar-refractivity contribution is 5.43. The van der Waals surface area contributed by atoms with Crippen LogP contribution in [0.25, 0.3) is 0 Å². The van der Waals surface area contributed by atoms with Crippen molar-refractivity contribution in [3.05, 3.63) is 36.4 Å². The van der Waals surface area contributed by atoms with Crippen molar-refractivity contribution in [1.82, 2.24) is 0 Å². The van der Waals surface area contributed by atoms with E-state index in [-0.39, 0.29) is 6.04 Å². The van der Waals surface area contributed by atoms with Gasteiger partial charge < -0.3 is 15.2 Å². The quantitative estimate of drug-likeness (QED) is 0.544. The summed E-state index contributed by atoms with van der Waals surface area (Å²) in [6.07, 6.45) is 6.41. The summed E-state index contributed by atoms with van der Waals surface area (Å²) in [4.78, 5) is 0. The molecule has 0 spiro atoms. The molecule has 2 N–H and O–H groups in total. The zero-order chi connectivity index (χ0) is 14.1. The smallest absolute Gasteiger partial charge is 0.161 e. The number of hydrogen-bond acceptors (Lipinski definition) is 3. The number of ether oxygens (including phenoxy) is 2. The monoisotopic (exact) mass is 263 g/mol. The van der Waals surface area contributed by atoms with Crippen molar-refractivity contribution in [3.8, 4) is 11.5 Å². The van der Waals surface area contributed by atoms with E-state index in [1.807, 2.05) is 31.2 Å². The molecule has 1 aromatic rings. The Balaban J connectivity index is 2.46. The lowest BCUT2D eigenvalue weighted by Gasteiger charge is -2.13. The van der Waals surface area contributed by atoms with Crippen molar-refractivity contribution >= 4 is 0 Å². The van der Waals surface area contributed by atoms with E-state index >= 15 is 0 Å². The van der Waals surface area contributed by atoms with Crippen LogP contribution in [0.1, 0.15) is 44.2 Å². The Morgan fingerprint density at radius 3 is 2.68 bits per heavy atom. The maximum absolute atomic E-state index is 5.85. The van der Waals surface area contributed by atoms with Gasteiger partial charge in [0.25, 0.3) is 0 Å². The van der Waals surface area contributed by atoms with Crippen LogP contribution in [0.5, 0.6) is 11.5 Å². The molecule has 1 aromatic carbocycles. The Bertz CT molecular complexity index is 388. The van der Waals surface area contributed by atoms with Gasteiger partial charge in [0.05, 0.1) is 13.7 Å². The van der Waals surface area contributed by atoms with E-state index in [9.17, 15) is 0 Å². The second kappa shape index (κ2) is 8.59. The van der Waals surface area contributed by atoms with Gasteiger partial charge in [-0.2, -0.15) is 0 Å². The molecule has 0 aromatic heterocycles. The van der Waals surface area contributed by atoms with E-state index in [0.29, 0.717) is 6.61 Å². The third-order valence-corrected chi connectivity index (χ3v) is 3.02. The third-order valence-electron chi connectivity index (χ3n) is 3.02. The molecule has 3 nitrogen and oxygen atoms in total. The standard InChI is InChI=1S/C16H25NO2/c1-4-5-6-7-8-11-19-15-10-9-14(13(2)17)12-16(15)18-3/h4,9-10,12-13H,1,5-8,11,17H2,2-3H3/t13-/m1/s1. The van der Waals surface area contributed by atoms with Crippen molar-refractivity contribution in [2.45, 2.75) is 38.6 Å².